The van der Waals surface area contributed by atoms with Crippen molar-refractivity contribution >= 4 is 23.2 Å². The lowest BCUT2D eigenvalue weighted by Gasteiger charge is -2.32. The molecule has 0 amide bonds. The molecule has 0 radical (unpaired) electrons. The highest BCUT2D eigenvalue weighted by Crippen LogP contribution is 2.48. The largest absolute Gasteiger partial charge is 0.373 e. The van der Waals surface area contributed by atoms with Crippen molar-refractivity contribution in [3.63, 3.8) is 0 Å². The van der Waals surface area contributed by atoms with Crippen LogP contribution in [-0.4, -0.2) is 17.3 Å². The van der Waals surface area contributed by atoms with Gasteiger partial charge in [-0.1, -0.05) is 39.5 Å². The molecule has 3 aliphatic carbocycles. The van der Waals surface area contributed by atoms with Crippen molar-refractivity contribution in [3.8, 4) is 11.3 Å². The van der Waals surface area contributed by atoms with E-state index in [4.69, 9.17) is 38.0 Å². The van der Waals surface area contributed by atoms with Gasteiger partial charge in [-0.05, 0) is 68.0 Å². The molecule has 0 unspecified atom stereocenters. The van der Waals surface area contributed by atoms with Crippen molar-refractivity contribution in [3.05, 3.63) is 50.0 Å². The molecular formula is C21H22Cl2N4O2. The number of ether oxygens (including phenoxy) is 1. The molecule has 3 aliphatic rings. The van der Waals surface area contributed by atoms with Gasteiger partial charge in [-0.15, -0.1) is 0 Å². The maximum Gasteiger partial charge on any atom is 0.145 e. The predicted octanol–water partition coefficient (Wildman–Crippen LogP) is 6.91. The molecule has 5 rings (SSSR count). The first-order valence-electron chi connectivity index (χ1n) is 10.2. The summed E-state index contributed by atoms with van der Waals surface area (Å²) in [6, 6.07) is 5.58. The molecule has 0 spiro atoms. The SMILES string of the molecule is [N-]=[N+]=N[C@@H]1[C@@H]2CC[C@H]1C[C@@H](OCc1c(-c3c(Cl)cccc3Cl)noc1C1CC1)C2. The number of benzene rings is 1. The molecule has 2 bridgehead atoms. The summed E-state index contributed by atoms with van der Waals surface area (Å²) in [5.74, 6) is 2.17. The molecule has 0 aliphatic heterocycles. The molecular weight excluding hydrogens is 411 g/mol. The van der Waals surface area contributed by atoms with Gasteiger partial charge in [0.15, 0.2) is 0 Å². The van der Waals surface area contributed by atoms with Crippen LogP contribution < -0.4 is 0 Å². The van der Waals surface area contributed by atoms with Gasteiger partial charge < -0.3 is 9.26 Å². The van der Waals surface area contributed by atoms with Crippen LogP contribution >= 0.6 is 23.2 Å². The van der Waals surface area contributed by atoms with Crippen LogP contribution in [0.5, 0.6) is 0 Å². The Balaban J connectivity index is 1.38. The number of halogens is 2. The summed E-state index contributed by atoms with van der Waals surface area (Å²) in [4.78, 5) is 3.05. The monoisotopic (exact) mass is 432 g/mol. The van der Waals surface area contributed by atoms with E-state index in [0.29, 0.717) is 45.7 Å². The Labute approximate surface area is 179 Å². The summed E-state index contributed by atoms with van der Waals surface area (Å²) in [5.41, 5.74) is 11.2. The van der Waals surface area contributed by atoms with Gasteiger partial charge in [0.2, 0.25) is 0 Å². The fourth-order valence-corrected chi connectivity index (χ4v) is 5.65. The zero-order valence-corrected chi connectivity index (χ0v) is 17.4. The topological polar surface area (TPSA) is 84.0 Å². The third-order valence-corrected chi connectivity index (χ3v) is 7.25. The van der Waals surface area contributed by atoms with Gasteiger partial charge in [0.05, 0.1) is 22.8 Å². The Bertz CT molecular complexity index is 933. The molecule has 3 saturated carbocycles. The Kier molecular flexibility index (Phi) is 5.21. The molecule has 0 saturated heterocycles. The molecule has 8 heteroatoms. The van der Waals surface area contributed by atoms with Gasteiger partial charge in [0.1, 0.15) is 11.5 Å². The Morgan fingerprint density at radius 3 is 2.45 bits per heavy atom. The zero-order valence-electron chi connectivity index (χ0n) is 15.9. The summed E-state index contributed by atoms with van der Waals surface area (Å²) in [6.45, 7) is 0.433. The molecule has 0 N–H and O–H groups in total. The highest BCUT2D eigenvalue weighted by Gasteiger charge is 2.43. The van der Waals surface area contributed by atoms with E-state index < -0.39 is 0 Å². The lowest BCUT2D eigenvalue weighted by molar-refractivity contribution is -0.00641. The van der Waals surface area contributed by atoms with Crippen molar-refractivity contribution in [2.24, 2.45) is 17.0 Å². The van der Waals surface area contributed by atoms with Crippen LogP contribution in [0, 0.1) is 11.8 Å². The molecule has 2 aromatic rings. The number of azide groups is 1. The van der Waals surface area contributed by atoms with Crippen molar-refractivity contribution in [2.45, 2.75) is 63.2 Å². The van der Waals surface area contributed by atoms with Crippen LogP contribution in [-0.2, 0) is 11.3 Å². The van der Waals surface area contributed by atoms with Gasteiger partial charge in [0.25, 0.3) is 0 Å². The fourth-order valence-electron chi connectivity index (χ4n) is 5.07. The van der Waals surface area contributed by atoms with Crippen LogP contribution in [0.4, 0.5) is 0 Å². The number of rotatable bonds is 6. The number of nitrogens with zero attached hydrogens (tertiary/aromatic N) is 4. The van der Waals surface area contributed by atoms with Gasteiger partial charge >= 0.3 is 0 Å². The summed E-state index contributed by atoms with van der Waals surface area (Å²) in [5, 5.41) is 9.49. The molecule has 3 fully saturated rings. The first kappa shape index (κ1) is 19.3. The molecule has 1 aromatic heterocycles. The normalized spacial score (nSPS) is 28.3. The van der Waals surface area contributed by atoms with E-state index in [1.54, 1.807) is 0 Å². The van der Waals surface area contributed by atoms with Crippen LogP contribution in [0.1, 0.15) is 55.8 Å². The highest BCUT2D eigenvalue weighted by atomic mass is 35.5. The second-order valence-corrected chi connectivity index (χ2v) is 9.26. The van der Waals surface area contributed by atoms with E-state index in [0.717, 1.165) is 49.8 Å². The summed E-state index contributed by atoms with van der Waals surface area (Å²) in [6.07, 6.45) is 6.50. The van der Waals surface area contributed by atoms with Crippen molar-refractivity contribution in [2.75, 3.05) is 0 Å². The smallest absolute Gasteiger partial charge is 0.145 e. The fraction of sp³-hybridized carbons (Fsp3) is 0.571. The highest BCUT2D eigenvalue weighted by molar-refractivity contribution is 6.39. The molecule has 29 heavy (non-hydrogen) atoms. The maximum atomic E-state index is 8.84. The minimum atomic E-state index is 0.134. The Morgan fingerprint density at radius 1 is 1.14 bits per heavy atom. The van der Waals surface area contributed by atoms with Crippen LogP contribution in [0.15, 0.2) is 27.8 Å². The molecule has 4 atom stereocenters. The standard InChI is InChI=1S/C21H22Cl2N4O2/c22-16-2-1-3-17(23)18(16)20-15(21(29-26-20)11-4-5-11)10-28-14-8-12-6-7-13(9-14)19(12)25-27-24/h1-3,11-14,19H,4-10H2/t12-,13+,14+,19-. The number of hydrogen-bond acceptors (Lipinski definition) is 4. The van der Waals surface area contributed by atoms with Gasteiger partial charge in [0, 0.05) is 28.0 Å². The minimum Gasteiger partial charge on any atom is -0.373 e. The average Bonchev–Trinajstić information content (AvgIpc) is 3.42. The average molecular weight is 433 g/mol. The van der Waals surface area contributed by atoms with Crippen molar-refractivity contribution < 1.29 is 9.26 Å². The number of aromatic nitrogens is 1. The third-order valence-electron chi connectivity index (χ3n) is 6.62. The summed E-state index contributed by atoms with van der Waals surface area (Å²) >= 11 is 12.9. The lowest BCUT2D eigenvalue weighted by Crippen LogP contribution is -2.33. The number of fused-ring (bicyclic) bond motifs is 2. The van der Waals surface area contributed by atoms with E-state index in [-0.39, 0.29) is 12.1 Å². The zero-order chi connectivity index (χ0) is 20.0. The minimum absolute atomic E-state index is 0.134. The van der Waals surface area contributed by atoms with E-state index in [1.807, 2.05) is 18.2 Å². The summed E-state index contributed by atoms with van der Waals surface area (Å²) < 4.78 is 12.1. The Hall–Kier alpha value is -1.72. The maximum absolute atomic E-state index is 8.84. The van der Waals surface area contributed by atoms with E-state index in [1.165, 1.54) is 0 Å². The van der Waals surface area contributed by atoms with Gasteiger partial charge in [-0.2, -0.15) is 0 Å². The predicted molar refractivity (Wildman–Crippen MR) is 111 cm³/mol. The molecule has 1 heterocycles. The first-order chi connectivity index (χ1) is 14.2. The van der Waals surface area contributed by atoms with Crippen LogP contribution in [0.2, 0.25) is 10.0 Å². The second kappa shape index (κ2) is 7.84. The molecule has 1 aromatic carbocycles. The van der Waals surface area contributed by atoms with E-state index >= 15 is 0 Å². The molecule has 6 nitrogen and oxygen atoms in total. The Morgan fingerprint density at radius 2 is 1.83 bits per heavy atom. The van der Waals surface area contributed by atoms with Crippen LogP contribution in [0.25, 0.3) is 21.7 Å². The summed E-state index contributed by atoms with van der Waals surface area (Å²) in [7, 11) is 0. The third kappa shape index (κ3) is 3.64. The van der Waals surface area contributed by atoms with Gasteiger partial charge in [-0.25, -0.2) is 0 Å². The van der Waals surface area contributed by atoms with E-state index in [2.05, 4.69) is 15.2 Å². The van der Waals surface area contributed by atoms with Crippen LogP contribution in [0.3, 0.4) is 0 Å². The van der Waals surface area contributed by atoms with Crippen molar-refractivity contribution in [1.29, 1.82) is 0 Å². The van der Waals surface area contributed by atoms with Crippen molar-refractivity contribution in [1.82, 2.24) is 5.16 Å². The quantitative estimate of drug-likeness (QED) is 0.282. The number of hydrogen-bond donors (Lipinski definition) is 0. The van der Waals surface area contributed by atoms with E-state index in [9.17, 15) is 0 Å². The van der Waals surface area contributed by atoms with Gasteiger partial charge in [-0.3, -0.25) is 0 Å². The lowest BCUT2D eigenvalue weighted by atomic mass is 9.83. The molecule has 152 valence electrons. The first-order valence-corrected chi connectivity index (χ1v) is 11.0. The second-order valence-electron chi connectivity index (χ2n) is 8.44.